The standard InChI is InChI=1S/C14H20O2/c1-11-9-12(2)14(13(3)10-11)5-4-7-16-8-6-15/h4,7,9-10,15H,5-6,8H2,1-3H3/b7-4+. The van der Waals surface area contributed by atoms with Crippen LogP contribution in [-0.4, -0.2) is 18.3 Å². The van der Waals surface area contributed by atoms with Crippen LogP contribution in [0.3, 0.4) is 0 Å². The van der Waals surface area contributed by atoms with Gasteiger partial charge in [0, 0.05) is 0 Å². The minimum Gasteiger partial charge on any atom is -0.499 e. The number of benzene rings is 1. The molecule has 0 aromatic heterocycles. The van der Waals surface area contributed by atoms with Crippen molar-refractivity contribution in [1.29, 1.82) is 0 Å². The highest BCUT2D eigenvalue weighted by molar-refractivity contribution is 5.38. The van der Waals surface area contributed by atoms with Crippen molar-refractivity contribution in [2.24, 2.45) is 0 Å². The smallest absolute Gasteiger partial charge is 0.110 e. The van der Waals surface area contributed by atoms with Crippen molar-refractivity contribution in [3.8, 4) is 0 Å². The lowest BCUT2D eigenvalue weighted by molar-refractivity contribution is 0.165. The molecule has 0 spiro atoms. The summed E-state index contributed by atoms with van der Waals surface area (Å²) in [4.78, 5) is 0. The molecule has 1 rings (SSSR count). The van der Waals surface area contributed by atoms with Crippen LogP contribution < -0.4 is 0 Å². The van der Waals surface area contributed by atoms with Crippen molar-refractivity contribution in [2.45, 2.75) is 27.2 Å². The van der Waals surface area contributed by atoms with Gasteiger partial charge in [0.2, 0.25) is 0 Å². The molecule has 0 aliphatic rings. The predicted molar refractivity (Wildman–Crippen MR) is 66.5 cm³/mol. The Hall–Kier alpha value is -1.28. The fourth-order valence-electron chi connectivity index (χ4n) is 1.89. The first-order valence-electron chi connectivity index (χ1n) is 5.59. The highest BCUT2D eigenvalue weighted by Crippen LogP contribution is 2.17. The number of allylic oxidation sites excluding steroid dienone is 1. The zero-order valence-electron chi connectivity index (χ0n) is 10.3. The SMILES string of the molecule is Cc1cc(C)c(C/C=C/OCCO)c(C)c1. The minimum atomic E-state index is 0.0624. The van der Waals surface area contributed by atoms with E-state index >= 15 is 0 Å². The summed E-state index contributed by atoms with van der Waals surface area (Å²) < 4.78 is 5.08. The van der Waals surface area contributed by atoms with E-state index in [1.54, 1.807) is 6.26 Å². The van der Waals surface area contributed by atoms with Crippen LogP contribution in [0.25, 0.3) is 0 Å². The van der Waals surface area contributed by atoms with Crippen LogP contribution in [0.5, 0.6) is 0 Å². The van der Waals surface area contributed by atoms with Gasteiger partial charge in [-0.3, -0.25) is 0 Å². The van der Waals surface area contributed by atoms with E-state index in [0.717, 1.165) is 6.42 Å². The molecule has 0 unspecified atom stereocenters. The van der Waals surface area contributed by atoms with E-state index in [1.807, 2.05) is 6.08 Å². The molecule has 0 heterocycles. The third-order valence-electron chi connectivity index (χ3n) is 2.56. The molecular formula is C14H20O2. The first-order chi connectivity index (χ1) is 7.65. The molecule has 0 saturated heterocycles. The van der Waals surface area contributed by atoms with Gasteiger partial charge in [-0.05, 0) is 50.0 Å². The Bertz CT molecular complexity index is 344. The van der Waals surface area contributed by atoms with Crippen molar-refractivity contribution in [1.82, 2.24) is 0 Å². The maximum absolute atomic E-state index is 8.54. The Morgan fingerprint density at radius 2 is 1.81 bits per heavy atom. The van der Waals surface area contributed by atoms with E-state index in [-0.39, 0.29) is 6.61 Å². The maximum atomic E-state index is 8.54. The lowest BCUT2D eigenvalue weighted by Gasteiger charge is -2.09. The minimum absolute atomic E-state index is 0.0624. The molecule has 0 bridgehead atoms. The van der Waals surface area contributed by atoms with E-state index in [0.29, 0.717) is 6.61 Å². The molecule has 1 aromatic rings. The van der Waals surface area contributed by atoms with Crippen LogP contribution in [0.2, 0.25) is 0 Å². The molecule has 2 heteroatoms. The van der Waals surface area contributed by atoms with Crippen LogP contribution >= 0.6 is 0 Å². The topological polar surface area (TPSA) is 29.5 Å². The molecule has 88 valence electrons. The summed E-state index contributed by atoms with van der Waals surface area (Å²) in [5, 5.41) is 8.54. The molecular weight excluding hydrogens is 200 g/mol. The third kappa shape index (κ3) is 3.70. The zero-order chi connectivity index (χ0) is 12.0. The van der Waals surface area contributed by atoms with Crippen molar-refractivity contribution in [3.63, 3.8) is 0 Å². The van der Waals surface area contributed by atoms with Crippen LogP contribution in [0.4, 0.5) is 0 Å². The quantitative estimate of drug-likeness (QED) is 0.610. The number of aryl methyl sites for hydroxylation is 3. The van der Waals surface area contributed by atoms with Gasteiger partial charge < -0.3 is 9.84 Å². The summed E-state index contributed by atoms with van der Waals surface area (Å²) in [6.45, 7) is 6.81. The molecule has 0 saturated carbocycles. The summed E-state index contributed by atoms with van der Waals surface area (Å²) >= 11 is 0. The second-order valence-corrected chi connectivity index (χ2v) is 4.05. The lowest BCUT2D eigenvalue weighted by Crippen LogP contribution is -1.95. The number of aliphatic hydroxyl groups excluding tert-OH is 1. The van der Waals surface area contributed by atoms with E-state index in [1.165, 1.54) is 22.3 Å². The molecule has 1 aromatic carbocycles. The van der Waals surface area contributed by atoms with Gasteiger partial charge in [0.05, 0.1) is 12.9 Å². The van der Waals surface area contributed by atoms with Crippen LogP contribution in [-0.2, 0) is 11.2 Å². The highest BCUT2D eigenvalue weighted by Gasteiger charge is 2.01. The molecule has 0 aliphatic carbocycles. The van der Waals surface area contributed by atoms with Crippen molar-refractivity contribution < 1.29 is 9.84 Å². The lowest BCUT2D eigenvalue weighted by atomic mass is 9.97. The highest BCUT2D eigenvalue weighted by atomic mass is 16.5. The van der Waals surface area contributed by atoms with Crippen LogP contribution in [0, 0.1) is 20.8 Å². The van der Waals surface area contributed by atoms with Gasteiger partial charge in [-0.15, -0.1) is 0 Å². The summed E-state index contributed by atoms with van der Waals surface area (Å²) in [7, 11) is 0. The molecule has 2 nitrogen and oxygen atoms in total. The average Bonchev–Trinajstić information content (AvgIpc) is 2.20. The zero-order valence-corrected chi connectivity index (χ0v) is 10.3. The average molecular weight is 220 g/mol. The van der Waals surface area contributed by atoms with Gasteiger partial charge in [-0.2, -0.15) is 0 Å². The first-order valence-corrected chi connectivity index (χ1v) is 5.59. The fraction of sp³-hybridized carbons (Fsp3) is 0.429. The molecule has 0 radical (unpaired) electrons. The molecule has 0 amide bonds. The van der Waals surface area contributed by atoms with Gasteiger partial charge in [0.15, 0.2) is 0 Å². The van der Waals surface area contributed by atoms with Crippen LogP contribution in [0.15, 0.2) is 24.5 Å². The number of aliphatic hydroxyl groups is 1. The van der Waals surface area contributed by atoms with Gasteiger partial charge in [-0.1, -0.05) is 17.7 Å². The molecule has 0 aliphatic heterocycles. The predicted octanol–water partition coefficient (Wildman–Crippen LogP) is 2.68. The number of hydrogen-bond donors (Lipinski definition) is 1. The van der Waals surface area contributed by atoms with E-state index in [9.17, 15) is 0 Å². The molecule has 0 fully saturated rings. The van der Waals surface area contributed by atoms with Crippen LogP contribution in [0.1, 0.15) is 22.3 Å². The summed E-state index contributed by atoms with van der Waals surface area (Å²) in [6, 6.07) is 4.40. The van der Waals surface area contributed by atoms with E-state index in [4.69, 9.17) is 9.84 Å². The van der Waals surface area contributed by atoms with Gasteiger partial charge in [0.25, 0.3) is 0 Å². The Morgan fingerprint density at radius 3 is 2.38 bits per heavy atom. The first kappa shape index (κ1) is 12.8. The number of ether oxygens (including phenoxy) is 1. The van der Waals surface area contributed by atoms with Crippen molar-refractivity contribution in [3.05, 3.63) is 46.7 Å². The van der Waals surface area contributed by atoms with Crippen molar-refractivity contribution >= 4 is 0 Å². The Kier molecular flexibility index (Phi) is 5.06. The van der Waals surface area contributed by atoms with E-state index in [2.05, 4.69) is 32.9 Å². The Morgan fingerprint density at radius 1 is 1.19 bits per heavy atom. The summed E-state index contributed by atoms with van der Waals surface area (Å²) in [5.74, 6) is 0. The monoisotopic (exact) mass is 220 g/mol. The molecule has 1 N–H and O–H groups in total. The second-order valence-electron chi connectivity index (χ2n) is 4.05. The Labute approximate surface area is 97.6 Å². The van der Waals surface area contributed by atoms with Gasteiger partial charge in [-0.25, -0.2) is 0 Å². The summed E-state index contributed by atoms with van der Waals surface area (Å²) in [6.07, 6.45) is 4.53. The fourth-order valence-corrected chi connectivity index (χ4v) is 1.89. The van der Waals surface area contributed by atoms with Crippen molar-refractivity contribution in [2.75, 3.05) is 13.2 Å². The number of hydrogen-bond acceptors (Lipinski definition) is 2. The molecule has 16 heavy (non-hydrogen) atoms. The van der Waals surface area contributed by atoms with Gasteiger partial charge >= 0.3 is 0 Å². The van der Waals surface area contributed by atoms with Gasteiger partial charge in [0.1, 0.15) is 6.61 Å². The molecule has 0 atom stereocenters. The summed E-state index contributed by atoms with van der Waals surface area (Å²) in [5.41, 5.74) is 5.31. The number of rotatable bonds is 5. The Balaban J connectivity index is 2.63. The normalized spacial score (nSPS) is 11.0. The third-order valence-corrected chi connectivity index (χ3v) is 2.56. The second kappa shape index (κ2) is 6.33. The van der Waals surface area contributed by atoms with E-state index < -0.39 is 0 Å². The largest absolute Gasteiger partial charge is 0.499 e. The maximum Gasteiger partial charge on any atom is 0.110 e.